The van der Waals surface area contributed by atoms with Crippen molar-refractivity contribution in [2.24, 2.45) is 0 Å². The first-order chi connectivity index (χ1) is 9.61. The molecule has 1 aromatic heterocycles. The number of rotatable bonds is 2. The molecule has 6 heteroatoms. The van der Waals surface area contributed by atoms with Crippen molar-refractivity contribution in [3.05, 3.63) is 39.4 Å². The fourth-order valence-electron chi connectivity index (χ4n) is 2.82. The van der Waals surface area contributed by atoms with Crippen LogP contribution in [0.3, 0.4) is 0 Å². The predicted molar refractivity (Wildman–Crippen MR) is 78.6 cm³/mol. The zero-order chi connectivity index (χ0) is 14.3. The molecule has 1 atom stereocenters. The number of phenolic OH excluding ortho intramolecular Hbond substituents is 1. The number of hydrogen-bond acceptors (Lipinski definition) is 3. The average molecular weight is 312 g/mol. The zero-order valence-corrected chi connectivity index (χ0v) is 12.6. The van der Waals surface area contributed by atoms with Gasteiger partial charge in [0.25, 0.3) is 0 Å². The Morgan fingerprint density at radius 2 is 2.15 bits per heavy atom. The number of phenols is 1. The topological polar surface area (TPSA) is 50.9 Å². The van der Waals surface area contributed by atoms with Crippen LogP contribution in [0.4, 0.5) is 0 Å². The van der Waals surface area contributed by atoms with Crippen LogP contribution in [-0.4, -0.2) is 19.9 Å². The Balaban J connectivity index is 2.00. The van der Waals surface area contributed by atoms with Crippen molar-refractivity contribution in [3.8, 4) is 5.75 Å². The molecule has 0 bridgehead atoms. The lowest BCUT2D eigenvalue weighted by Gasteiger charge is -2.26. The number of aromatic nitrogens is 3. The van der Waals surface area contributed by atoms with Gasteiger partial charge in [0.05, 0.1) is 10.0 Å². The highest BCUT2D eigenvalue weighted by Gasteiger charge is 2.27. The number of halogens is 2. The summed E-state index contributed by atoms with van der Waals surface area (Å²) >= 11 is 12.3. The minimum absolute atomic E-state index is 0.134. The van der Waals surface area contributed by atoms with E-state index in [4.69, 9.17) is 23.2 Å². The molecule has 106 valence electrons. The van der Waals surface area contributed by atoms with Gasteiger partial charge in [0, 0.05) is 30.9 Å². The minimum Gasteiger partial charge on any atom is -0.508 e. The van der Waals surface area contributed by atoms with E-state index in [1.807, 2.05) is 0 Å². The van der Waals surface area contributed by atoms with Gasteiger partial charge in [-0.2, -0.15) is 0 Å². The van der Waals surface area contributed by atoms with Gasteiger partial charge >= 0.3 is 0 Å². The number of aromatic hydroxyl groups is 1. The van der Waals surface area contributed by atoms with Crippen molar-refractivity contribution in [2.45, 2.75) is 38.6 Å². The molecule has 0 saturated carbocycles. The molecule has 1 aliphatic rings. The van der Waals surface area contributed by atoms with Crippen molar-refractivity contribution in [3.63, 3.8) is 0 Å². The molecular formula is C14H15Cl2N3O. The van der Waals surface area contributed by atoms with Crippen molar-refractivity contribution in [1.29, 1.82) is 0 Å². The predicted octanol–water partition coefficient (Wildman–Crippen LogP) is 3.58. The molecule has 0 spiro atoms. The number of fused-ring (bicyclic) bond motifs is 1. The van der Waals surface area contributed by atoms with E-state index >= 15 is 0 Å². The Morgan fingerprint density at radius 3 is 2.90 bits per heavy atom. The van der Waals surface area contributed by atoms with E-state index in [9.17, 15) is 5.11 Å². The molecule has 0 radical (unpaired) electrons. The molecule has 0 saturated heterocycles. The molecule has 2 aromatic rings. The van der Waals surface area contributed by atoms with E-state index in [1.54, 1.807) is 12.1 Å². The Kier molecular flexibility index (Phi) is 3.61. The molecule has 1 aliphatic heterocycles. The summed E-state index contributed by atoms with van der Waals surface area (Å²) in [4.78, 5) is 0. The van der Waals surface area contributed by atoms with Gasteiger partial charge < -0.3 is 9.67 Å². The second-order valence-electron chi connectivity index (χ2n) is 5.03. The summed E-state index contributed by atoms with van der Waals surface area (Å²) in [7, 11) is 0. The minimum atomic E-state index is 0.134. The van der Waals surface area contributed by atoms with Gasteiger partial charge in [0.15, 0.2) is 0 Å². The van der Waals surface area contributed by atoms with E-state index in [0.29, 0.717) is 10.0 Å². The third-order valence-corrected chi connectivity index (χ3v) is 4.68. The van der Waals surface area contributed by atoms with Gasteiger partial charge in [-0.15, -0.1) is 10.2 Å². The number of hydrogen-bond donors (Lipinski definition) is 1. The lowest BCUT2D eigenvalue weighted by molar-refractivity contribution is 0.416. The lowest BCUT2D eigenvalue weighted by atomic mass is 9.90. The van der Waals surface area contributed by atoms with E-state index in [1.165, 1.54) is 0 Å². The van der Waals surface area contributed by atoms with Gasteiger partial charge in [0.1, 0.15) is 17.4 Å². The van der Waals surface area contributed by atoms with Crippen LogP contribution in [0.2, 0.25) is 10.0 Å². The fourth-order valence-corrected chi connectivity index (χ4v) is 3.30. The first-order valence-corrected chi connectivity index (χ1v) is 7.45. The van der Waals surface area contributed by atoms with Crippen LogP contribution in [0.5, 0.6) is 5.75 Å². The van der Waals surface area contributed by atoms with Crippen LogP contribution < -0.4 is 0 Å². The molecule has 2 heterocycles. The summed E-state index contributed by atoms with van der Waals surface area (Å²) < 4.78 is 2.13. The first kappa shape index (κ1) is 13.7. The second kappa shape index (κ2) is 5.26. The van der Waals surface area contributed by atoms with Gasteiger partial charge in [-0.1, -0.05) is 30.1 Å². The standard InChI is InChI=1S/C14H15Cl2N3O/c1-2-11-17-18-12-6-3-8(7-19(11)12)13-10(20)5-4-9(15)14(13)16/h4-5,8,20H,2-3,6-7H2,1H3/t8-/m1/s1. The number of aryl methyl sites for hydroxylation is 2. The summed E-state index contributed by atoms with van der Waals surface area (Å²) in [6.07, 6.45) is 2.56. The van der Waals surface area contributed by atoms with E-state index in [0.717, 1.165) is 43.0 Å². The summed E-state index contributed by atoms with van der Waals surface area (Å²) in [6.45, 7) is 2.80. The maximum absolute atomic E-state index is 10.1. The molecule has 1 N–H and O–H groups in total. The molecule has 0 amide bonds. The largest absolute Gasteiger partial charge is 0.508 e. The molecule has 0 unspecified atom stereocenters. The summed E-state index contributed by atoms with van der Waals surface area (Å²) in [5, 5.41) is 19.4. The van der Waals surface area contributed by atoms with Crippen LogP contribution in [0.15, 0.2) is 12.1 Å². The normalized spacial score (nSPS) is 18.1. The number of nitrogens with zero attached hydrogens (tertiary/aromatic N) is 3. The van der Waals surface area contributed by atoms with Crippen LogP contribution in [0.1, 0.15) is 36.5 Å². The van der Waals surface area contributed by atoms with E-state index < -0.39 is 0 Å². The van der Waals surface area contributed by atoms with Crippen LogP contribution in [0.25, 0.3) is 0 Å². The smallest absolute Gasteiger partial charge is 0.133 e. The average Bonchev–Trinajstić information content (AvgIpc) is 2.86. The third kappa shape index (κ3) is 2.17. The monoisotopic (exact) mass is 311 g/mol. The maximum Gasteiger partial charge on any atom is 0.133 e. The van der Waals surface area contributed by atoms with E-state index in [-0.39, 0.29) is 11.7 Å². The Bertz CT molecular complexity index is 641. The highest BCUT2D eigenvalue weighted by molar-refractivity contribution is 6.42. The fraction of sp³-hybridized carbons (Fsp3) is 0.429. The maximum atomic E-state index is 10.1. The first-order valence-electron chi connectivity index (χ1n) is 6.69. The molecule has 0 aliphatic carbocycles. The highest BCUT2D eigenvalue weighted by atomic mass is 35.5. The lowest BCUT2D eigenvalue weighted by Crippen LogP contribution is -2.21. The van der Waals surface area contributed by atoms with Gasteiger partial charge in [-0.3, -0.25) is 0 Å². The molecule has 0 fully saturated rings. The molecule has 4 nitrogen and oxygen atoms in total. The highest BCUT2D eigenvalue weighted by Crippen LogP contribution is 2.41. The van der Waals surface area contributed by atoms with Crippen molar-refractivity contribution >= 4 is 23.2 Å². The second-order valence-corrected chi connectivity index (χ2v) is 5.81. The molecule has 3 rings (SSSR count). The zero-order valence-electron chi connectivity index (χ0n) is 11.1. The van der Waals surface area contributed by atoms with Crippen molar-refractivity contribution in [1.82, 2.24) is 14.8 Å². The summed E-state index contributed by atoms with van der Waals surface area (Å²) in [5.41, 5.74) is 0.737. The molecule has 1 aromatic carbocycles. The van der Waals surface area contributed by atoms with E-state index in [2.05, 4.69) is 21.7 Å². The van der Waals surface area contributed by atoms with Crippen molar-refractivity contribution < 1.29 is 5.11 Å². The van der Waals surface area contributed by atoms with Crippen LogP contribution in [0, 0.1) is 0 Å². The van der Waals surface area contributed by atoms with Crippen LogP contribution in [-0.2, 0) is 19.4 Å². The summed E-state index contributed by atoms with van der Waals surface area (Å²) in [5.74, 6) is 2.33. The van der Waals surface area contributed by atoms with Gasteiger partial charge in [-0.25, -0.2) is 0 Å². The van der Waals surface area contributed by atoms with Gasteiger partial charge in [0.2, 0.25) is 0 Å². The van der Waals surface area contributed by atoms with Crippen molar-refractivity contribution in [2.75, 3.05) is 0 Å². The Labute approximate surface area is 127 Å². The van der Waals surface area contributed by atoms with Crippen LogP contribution >= 0.6 is 23.2 Å². The SMILES string of the molecule is CCc1nnc2n1C[C@H](c1c(O)ccc(Cl)c1Cl)CC2. The molecular weight excluding hydrogens is 297 g/mol. The third-order valence-electron chi connectivity index (χ3n) is 3.86. The van der Waals surface area contributed by atoms with Gasteiger partial charge in [-0.05, 0) is 18.6 Å². The Hall–Kier alpha value is -1.26. The number of benzene rings is 1. The Morgan fingerprint density at radius 1 is 1.35 bits per heavy atom. The quantitative estimate of drug-likeness (QED) is 0.922. The molecule has 20 heavy (non-hydrogen) atoms. The summed E-state index contributed by atoms with van der Waals surface area (Å²) in [6, 6.07) is 3.22.